The molecule has 6 heteroatoms. The molecule has 6 nitrogen and oxygen atoms in total. The fourth-order valence-electron chi connectivity index (χ4n) is 2.25. The maximum Gasteiger partial charge on any atom is 0.411 e. The van der Waals surface area contributed by atoms with E-state index in [0.29, 0.717) is 12.1 Å². The van der Waals surface area contributed by atoms with Gasteiger partial charge < -0.3 is 15.6 Å². The van der Waals surface area contributed by atoms with E-state index in [-0.39, 0.29) is 12.5 Å². The molecule has 0 aliphatic carbocycles. The normalized spacial score (nSPS) is 12.8. The highest BCUT2D eigenvalue weighted by atomic mass is 16.6. The summed E-state index contributed by atoms with van der Waals surface area (Å²) < 4.78 is 5.41. The number of hydrogen-bond acceptors (Lipinski definition) is 4. The Kier molecular flexibility index (Phi) is 6.63. The monoisotopic (exact) mass is 336 g/mol. The predicted octanol–water partition coefficient (Wildman–Crippen LogP) is 3.51. The summed E-state index contributed by atoms with van der Waals surface area (Å²) in [5.74, 6) is -0.910. The Morgan fingerprint density at radius 2 is 1.75 bits per heavy atom. The molecule has 24 heavy (non-hydrogen) atoms. The van der Waals surface area contributed by atoms with Gasteiger partial charge in [-0.3, -0.25) is 4.90 Å². The fraction of sp³-hybridized carbons (Fsp3) is 0.556. The van der Waals surface area contributed by atoms with Gasteiger partial charge >= 0.3 is 12.1 Å². The third kappa shape index (κ3) is 6.48. The molecule has 0 aromatic heterocycles. The van der Waals surface area contributed by atoms with E-state index in [1.165, 1.54) is 4.90 Å². The van der Waals surface area contributed by atoms with E-state index in [1.54, 1.807) is 45.0 Å². The van der Waals surface area contributed by atoms with E-state index in [0.717, 1.165) is 5.56 Å². The van der Waals surface area contributed by atoms with Crippen LogP contribution in [0.2, 0.25) is 0 Å². The minimum atomic E-state index is -1.04. The summed E-state index contributed by atoms with van der Waals surface area (Å²) in [6.45, 7) is 9.26. The Labute approximate surface area is 143 Å². The zero-order valence-corrected chi connectivity index (χ0v) is 15.1. The molecule has 1 atom stereocenters. The van der Waals surface area contributed by atoms with Gasteiger partial charge in [0, 0.05) is 12.2 Å². The van der Waals surface area contributed by atoms with E-state index in [2.05, 4.69) is 0 Å². The van der Waals surface area contributed by atoms with E-state index in [4.69, 9.17) is 10.5 Å². The van der Waals surface area contributed by atoms with E-state index >= 15 is 0 Å². The standard InChI is InChI=1S/C18H28N2O4/c1-12(2)10-15(16(21)22)20(17(23)24-18(3,4)5)11-13-6-8-14(19)9-7-13/h6-9,12,15H,10-11,19H2,1-5H3,(H,21,22)/t15-/m0/s1. The van der Waals surface area contributed by atoms with Crippen LogP contribution in [0.1, 0.15) is 46.6 Å². The van der Waals surface area contributed by atoms with Crippen molar-refractivity contribution in [2.75, 3.05) is 5.73 Å². The lowest BCUT2D eigenvalue weighted by Crippen LogP contribution is -2.47. The number of hydrogen-bond donors (Lipinski definition) is 2. The number of aliphatic carboxylic acids is 1. The van der Waals surface area contributed by atoms with Crippen LogP contribution in [0, 0.1) is 5.92 Å². The summed E-state index contributed by atoms with van der Waals surface area (Å²) in [6, 6.07) is 6.06. The van der Waals surface area contributed by atoms with Crippen LogP contribution < -0.4 is 5.73 Å². The minimum Gasteiger partial charge on any atom is -0.480 e. The van der Waals surface area contributed by atoms with Crippen molar-refractivity contribution in [2.24, 2.45) is 5.92 Å². The molecule has 0 heterocycles. The van der Waals surface area contributed by atoms with Crippen molar-refractivity contribution in [1.29, 1.82) is 0 Å². The molecule has 1 amide bonds. The van der Waals surface area contributed by atoms with Crippen LogP contribution in [0.5, 0.6) is 0 Å². The number of nitrogens with two attached hydrogens (primary N) is 1. The second-order valence-electron chi connectivity index (χ2n) is 7.33. The van der Waals surface area contributed by atoms with Gasteiger partial charge in [0.1, 0.15) is 11.6 Å². The van der Waals surface area contributed by atoms with E-state index in [9.17, 15) is 14.7 Å². The van der Waals surface area contributed by atoms with Gasteiger partial charge in [-0.15, -0.1) is 0 Å². The first-order chi connectivity index (χ1) is 11.0. The molecule has 0 radical (unpaired) electrons. The SMILES string of the molecule is CC(C)C[C@@H](C(=O)O)N(Cc1ccc(N)cc1)C(=O)OC(C)(C)C. The average molecular weight is 336 g/mol. The summed E-state index contributed by atoms with van der Waals surface area (Å²) in [5.41, 5.74) is 6.39. The van der Waals surface area contributed by atoms with Gasteiger partial charge in [0.05, 0.1) is 0 Å². The van der Waals surface area contributed by atoms with Gasteiger partial charge in [-0.1, -0.05) is 26.0 Å². The Bertz CT molecular complexity index is 561. The molecule has 0 aliphatic heterocycles. The molecule has 134 valence electrons. The molecule has 0 aliphatic rings. The molecule has 0 spiro atoms. The lowest BCUT2D eigenvalue weighted by atomic mass is 10.0. The van der Waals surface area contributed by atoms with Crippen molar-refractivity contribution >= 4 is 17.7 Å². The highest BCUT2D eigenvalue weighted by Crippen LogP contribution is 2.20. The lowest BCUT2D eigenvalue weighted by molar-refractivity contribution is -0.144. The minimum absolute atomic E-state index is 0.127. The summed E-state index contributed by atoms with van der Waals surface area (Å²) in [6.07, 6.45) is -0.281. The van der Waals surface area contributed by atoms with Crippen molar-refractivity contribution in [3.63, 3.8) is 0 Å². The van der Waals surface area contributed by atoms with Gasteiger partial charge in [-0.05, 0) is 50.8 Å². The molecule has 1 aromatic rings. The summed E-state index contributed by atoms with van der Waals surface area (Å²) in [7, 11) is 0. The molecule has 1 rings (SSSR count). The highest BCUT2D eigenvalue weighted by Gasteiger charge is 2.33. The predicted molar refractivity (Wildman–Crippen MR) is 93.5 cm³/mol. The molecule has 0 fully saturated rings. The van der Waals surface area contributed by atoms with E-state index in [1.807, 2.05) is 13.8 Å². The second kappa shape index (κ2) is 8.04. The number of nitrogen functional groups attached to an aromatic ring is 1. The van der Waals surface area contributed by atoms with Crippen LogP contribution in [0.25, 0.3) is 0 Å². The topological polar surface area (TPSA) is 92.9 Å². The number of nitrogens with zero attached hydrogens (tertiary/aromatic N) is 1. The quantitative estimate of drug-likeness (QED) is 0.776. The number of rotatable bonds is 6. The zero-order valence-electron chi connectivity index (χ0n) is 15.1. The number of carboxylic acid groups (broad SMARTS) is 1. The van der Waals surface area contributed by atoms with Crippen LogP contribution in [0.15, 0.2) is 24.3 Å². The summed E-state index contributed by atoms with van der Waals surface area (Å²) in [5, 5.41) is 9.59. The maximum atomic E-state index is 12.6. The van der Waals surface area contributed by atoms with Gasteiger partial charge in [0.15, 0.2) is 0 Å². The Morgan fingerprint density at radius 1 is 1.21 bits per heavy atom. The summed E-state index contributed by atoms with van der Waals surface area (Å²) >= 11 is 0. The van der Waals surface area contributed by atoms with Gasteiger partial charge in [0.2, 0.25) is 0 Å². The zero-order chi connectivity index (χ0) is 18.5. The molecular weight excluding hydrogens is 308 g/mol. The third-order valence-electron chi connectivity index (χ3n) is 3.32. The Morgan fingerprint density at radius 3 is 2.17 bits per heavy atom. The van der Waals surface area contributed by atoms with Crippen molar-refractivity contribution < 1.29 is 19.4 Å². The fourth-order valence-corrected chi connectivity index (χ4v) is 2.25. The second-order valence-corrected chi connectivity index (χ2v) is 7.33. The average Bonchev–Trinajstić information content (AvgIpc) is 2.42. The number of ether oxygens (including phenoxy) is 1. The van der Waals surface area contributed by atoms with Crippen LogP contribution in [-0.4, -0.2) is 33.7 Å². The first-order valence-corrected chi connectivity index (χ1v) is 8.06. The van der Waals surface area contributed by atoms with Gasteiger partial charge in [-0.25, -0.2) is 9.59 Å². The third-order valence-corrected chi connectivity index (χ3v) is 3.32. The number of carboxylic acids is 1. The lowest BCUT2D eigenvalue weighted by Gasteiger charge is -2.32. The van der Waals surface area contributed by atoms with Crippen molar-refractivity contribution in [1.82, 2.24) is 4.90 Å². The first-order valence-electron chi connectivity index (χ1n) is 8.06. The van der Waals surface area contributed by atoms with E-state index < -0.39 is 23.7 Å². The number of carbonyl (C=O) groups is 2. The highest BCUT2D eigenvalue weighted by molar-refractivity contribution is 5.80. The molecule has 0 bridgehead atoms. The van der Waals surface area contributed by atoms with Gasteiger partial charge in [0.25, 0.3) is 0 Å². The van der Waals surface area contributed by atoms with Gasteiger partial charge in [-0.2, -0.15) is 0 Å². The molecule has 0 unspecified atom stereocenters. The maximum absolute atomic E-state index is 12.6. The molecule has 3 N–H and O–H groups in total. The van der Waals surface area contributed by atoms with Crippen LogP contribution >= 0.6 is 0 Å². The molecule has 0 saturated heterocycles. The molecule has 0 saturated carbocycles. The van der Waals surface area contributed by atoms with Crippen LogP contribution in [0.4, 0.5) is 10.5 Å². The Hall–Kier alpha value is -2.24. The van der Waals surface area contributed by atoms with Crippen molar-refractivity contribution in [2.45, 2.75) is 59.2 Å². The number of anilines is 1. The van der Waals surface area contributed by atoms with Crippen molar-refractivity contribution in [3.05, 3.63) is 29.8 Å². The first kappa shape index (κ1) is 19.8. The number of carbonyl (C=O) groups excluding carboxylic acids is 1. The number of benzene rings is 1. The summed E-state index contributed by atoms with van der Waals surface area (Å²) in [4.78, 5) is 25.6. The van der Waals surface area contributed by atoms with Crippen molar-refractivity contribution in [3.8, 4) is 0 Å². The molecular formula is C18H28N2O4. The molecule has 1 aromatic carbocycles. The van der Waals surface area contributed by atoms with Crippen LogP contribution in [-0.2, 0) is 16.1 Å². The van der Waals surface area contributed by atoms with Crippen LogP contribution in [0.3, 0.4) is 0 Å². The number of amides is 1. The smallest absolute Gasteiger partial charge is 0.411 e. The Balaban J connectivity index is 3.10. The largest absolute Gasteiger partial charge is 0.480 e.